The number of ether oxygens (including phenoxy) is 1. The van der Waals surface area contributed by atoms with Gasteiger partial charge < -0.3 is 15.6 Å². The lowest BCUT2D eigenvalue weighted by Crippen LogP contribution is -1.98. The normalized spacial score (nSPS) is 11.2. The van der Waals surface area contributed by atoms with E-state index in [-0.39, 0.29) is 11.4 Å². The highest BCUT2D eigenvalue weighted by Crippen LogP contribution is 2.29. The van der Waals surface area contributed by atoms with Gasteiger partial charge in [-0.1, -0.05) is 29.8 Å². The average molecular weight is 268 g/mol. The van der Waals surface area contributed by atoms with Crippen LogP contribution in [-0.4, -0.2) is 17.7 Å². The SMILES string of the molecule is CCOC(=O)/C=C/C=C/c1cc(Cl)cc(N)c1O. The number of carbonyl (C=O) groups is 1. The Hall–Kier alpha value is -1.94. The summed E-state index contributed by atoms with van der Waals surface area (Å²) in [6.07, 6.45) is 5.97. The molecule has 0 heterocycles. The van der Waals surface area contributed by atoms with Gasteiger partial charge in [0.2, 0.25) is 0 Å². The first-order valence-corrected chi connectivity index (χ1v) is 5.72. The van der Waals surface area contributed by atoms with Crippen molar-refractivity contribution in [3.8, 4) is 5.75 Å². The van der Waals surface area contributed by atoms with Crippen molar-refractivity contribution < 1.29 is 14.6 Å². The molecule has 0 bridgehead atoms. The van der Waals surface area contributed by atoms with Crippen molar-refractivity contribution in [2.24, 2.45) is 0 Å². The topological polar surface area (TPSA) is 72.5 Å². The van der Waals surface area contributed by atoms with Gasteiger partial charge in [0.15, 0.2) is 0 Å². The fourth-order valence-electron chi connectivity index (χ4n) is 1.25. The second-order valence-electron chi connectivity index (χ2n) is 3.40. The number of aromatic hydroxyl groups is 1. The fraction of sp³-hybridized carbons (Fsp3) is 0.154. The van der Waals surface area contributed by atoms with Gasteiger partial charge in [0.1, 0.15) is 5.75 Å². The summed E-state index contributed by atoms with van der Waals surface area (Å²) in [5.74, 6) is -0.461. The van der Waals surface area contributed by atoms with E-state index in [4.69, 9.17) is 22.1 Å². The molecule has 0 aliphatic heterocycles. The van der Waals surface area contributed by atoms with E-state index >= 15 is 0 Å². The Morgan fingerprint density at radius 1 is 1.50 bits per heavy atom. The second-order valence-corrected chi connectivity index (χ2v) is 3.84. The van der Waals surface area contributed by atoms with Crippen LogP contribution >= 0.6 is 11.6 Å². The van der Waals surface area contributed by atoms with Crippen LogP contribution in [0.5, 0.6) is 5.75 Å². The molecule has 0 aliphatic carbocycles. The van der Waals surface area contributed by atoms with Crippen molar-refractivity contribution in [1.29, 1.82) is 0 Å². The maximum absolute atomic E-state index is 11.0. The molecule has 0 unspecified atom stereocenters. The molecule has 3 N–H and O–H groups in total. The third-order valence-electron chi connectivity index (χ3n) is 2.04. The molecular weight excluding hydrogens is 254 g/mol. The highest BCUT2D eigenvalue weighted by atomic mass is 35.5. The van der Waals surface area contributed by atoms with Crippen LogP contribution in [0.3, 0.4) is 0 Å². The number of carbonyl (C=O) groups excluding carboxylic acids is 1. The first-order valence-electron chi connectivity index (χ1n) is 5.34. The molecule has 0 amide bonds. The van der Waals surface area contributed by atoms with Crippen LogP contribution in [0.4, 0.5) is 5.69 Å². The van der Waals surface area contributed by atoms with Gasteiger partial charge in [-0.25, -0.2) is 4.79 Å². The minimum absolute atomic E-state index is 0.0415. The molecule has 96 valence electrons. The molecule has 0 radical (unpaired) electrons. The Kier molecular flexibility index (Phi) is 5.27. The molecule has 5 heteroatoms. The molecule has 18 heavy (non-hydrogen) atoms. The number of esters is 1. The number of nitrogens with two attached hydrogens (primary N) is 1. The summed E-state index contributed by atoms with van der Waals surface area (Å²) in [6, 6.07) is 3.03. The molecule has 4 nitrogen and oxygen atoms in total. The number of allylic oxidation sites excluding steroid dienone is 2. The van der Waals surface area contributed by atoms with Crippen molar-refractivity contribution in [1.82, 2.24) is 0 Å². The van der Waals surface area contributed by atoms with Gasteiger partial charge in [-0.15, -0.1) is 0 Å². The van der Waals surface area contributed by atoms with Gasteiger partial charge in [0.25, 0.3) is 0 Å². The number of phenols is 1. The third-order valence-corrected chi connectivity index (χ3v) is 2.26. The highest BCUT2D eigenvalue weighted by molar-refractivity contribution is 6.31. The monoisotopic (exact) mass is 267 g/mol. The number of halogens is 1. The Morgan fingerprint density at radius 3 is 2.89 bits per heavy atom. The van der Waals surface area contributed by atoms with E-state index in [1.807, 2.05) is 0 Å². The van der Waals surface area contributed by atoms with Gasteiger partial charge in [0, 0.05) is 16.7 Å². The molecule has 0 saturated heterocycles. The number of hydrogen-bond donors (Lipinski definition) is 2. The summed E-state index contributed by atoms with van der Waals surface area (Å²) in [5, 5.41) is 10.1. The van der Waals surface area contributed by atoms with Crippen molar-refractivity contribution in [2.45, 2.75) is 6.92 Å². The van der Waals surface area contributed by atoms with E-state index in [0.717, 1.165) is 0 Å². The van der Waals surface area contributed by atoms with Gasteiger partial charge in [-0.3, -0.25) is 0 Å². The summed E-state index contributed by atoms with van der Waals surface area (Å²) < 4.78 is 4.71. The second kappa shape index (κ2) is 6.71. The van der Waals surface area contributed by atoms with Crippen molar-refractivity contribution in [3.63, 3.8) is 0 Å². The summed E-state index contributed by atoms with van der Waals surface area (Å²) in [7, 11) is 0. The van der Waals surface area contributed by atoms with Crippen LogP contribution in [0, 0.1) is 0 Å². The van der Waals surface area contributed by atoms with Crippen LogP contribution in [0.15, 0.2) is 30.4 Å². The number of rotatable bonds is 4. The number of anilines is 1. The van der Waals surface area contributed by atoms with Gasteiger partial charge >= 0.3 is 5.97 Å². The largest absolute Gasteiger partial charge is 0.505 e. The van der Waals surface area contributed by atoms with Crippen LogP contribution in [0.25, 0.3) is 6.08 Å². The molecule has 1 rings (SSSR count). The number of phenolic OH excluding ortho intramolecular Hbond substituents is 1. The van der Waals surface area contributed by atoms with E-state index in [1.165, 1.54) is 18.2 Å². The fourth-order valence-corrected chi connectivity index (χ4v) is 1.49. The van der Waals surface area contributed by atoms with E-state index in [9.17, 15) is 9.90 Å². The number of nitrogen functional groups attached to an aromatic ring is 1. The van der Waals surface area contributed by atoms with Crippen LogP contribution in [-0.2, 0) is 9.53 Å². The van der Waals surface area contributed by atoms with Crippen molar-refractivity contribution in [2.75, 3.05) is 12.3 Å². The minimum Gasteiger partial charge on any atom is -0.505 e. The Bertz CT molecular complexity index is 495. The predicted molar refractivity (Wildman–Crippen MR) is 72.3 cm³/mol. The van der Waals surface area contributed by atoms with E-state index < -0.39 is 5.97 Å². The third kappa shape index (κ3) is 4.14. The van der Waals surface area contributed by atoms with Gasteiger partial charge in [-0.2, -0.15) is 0 Å². The average Bonchev–Trinajstić information content (AvgIpc) is 2.31. The molecule has 0 fully saturated rings. The van der Waals surface area contributed by atoms with E-state index in [0.29, 0.717) is 17.2 Å². The summed E-state index contributed by atoms with van der Waals surface area (Å²) >= 11 is 5.81. The van der Waals surface area contributed by atoms with Crippen molar-refractivity contribution in [3.05, 3.63) is 40.9 Å². The summed E-state index contributed by atoms with van der Waals surface area (Å²) in [5.41, 5.74) is 6.24. The molecule has 1 aromatic carbocycles. The molecule has 0 atom stereocenters. The number of hydrogen-bond acceptors (Lipinski definition) is 4. The van der Waals surface area contributed by atoms with Crippen LogP contribution < -0.4 is 5.73 Å². The first kappa shape index (κ1) is 14.1. The molecular formula is C13H14ClNO3. The molecule has 0 saturated carbocycles. The Morgan fingerprint density at radius 2 is 2.22 bits per heavy atom. The predicted octanol–water partition coefficient (Wildman–Crippen LogP) is 2.76. The lowest BCUT2D eigenvalue weighted by atomic mass is 10.1. The summed E-state index contributed by atoms with van der Waals surface area (Å²) in [6.45, 7) is 2.06. The van der Waals surface area contributed by atoms with Crippen LogP contribution in [0.1, 0.15) is 12.5 Å². The van der Waals surface area contributed by atoms with E-state index in [1.54, 1.807) is 25.1 Å². The lowest BCUT2D eigenvalue weighted by molar-refractivity contribution is -0.137. The molecule has 0 aromatic heterocycles. The zero-order valence-electron chi connectivity index (χ0n) is 9.89. The maximum atomic E-state index is 11.0. The zero-order chi connectivity index (χ0) is 13.5. The minimum atomic E-state index is -0.419. The molecule has 0 aliphatic rings. The lowest BCUT2D eigenvalue weighted by Gasteiger charge is -2.03. The van der Waals surface area contributed by atoms with Crippen molar-refractivity contribution >= 4 is 29.3 Å². The first-order chi connectivity index (χ1) is 8.54. The Labute approximate surface area is 110 Å². The molecule has 1 aromatic rings. The number of benzene rings is 1. The quantitative estimate of drug-likeness (QED) is 0.289. The summed E-state index contributed by atoms with van der Waals surface area (Å²) in [4.78, 5) is 11.0. The standard InChI is InChI=1S/C13H14ClNO3/c1-2-18-12(16)6-4-3-5-9-7-10(14)8-11(15)13(9)17/h3-8,17H,2,15H2,1H3/b5-3+,6-4+. The van der Waals surface area contributed by atoms with Crippen LogP contribution in [0.2, 0.25) is 5.02 Å². The van der Waals surface area contributed by atoms with E-state index in [2.05, 4.69) is 0 Å². The Balaban J connectivity index is 2.76. The molecule has 0 spiro atoms. The maximum Gasteiger partial charge on any atom is 0.330 e. The van der Waals surface area contributed by atoms with Gasteiger partial charge in [0.05, 0.1) is 12.3 Å². The highest BCUT2D eigenvalue weighted by Gasteiger charge is 2.03. The smallest absolute Gasteiger partial charge is 0.330 e. The zero-order valence-corrected chi connectivity index (χ0v) is 10.6. The van der Waals surface area contributed by atoms with Gasteiger partial charge in [-0.05, 0) is 19.1 Å².